The van der Waals surface area contributed by atoms with Gasteiger partial charge in [-0.2, -0.15) is 0 Å². The zero-order valence-corrected chi connectivity index (χ0v) is 20.0. The van der Waals surface area contributed by atoms with Crippen molar-refractivity contribution < 1.29 is 28.8 Å². The summed E-state index contributed by atoms with van der Waals surface area (Å²) in [5, 5.41) is 13.8. The highest BCUT2D eigenvalue weighted by atomic mass is 16.5. The fraction of sp³-hybridized carbons (Fsp3) is 0.308. The third-order valence-electron chi connectivity index (χ3n) is 6.21. The molecular formula is C26H28N4O5. The van der Waals surface area contributed by atoms with E-state index in [1.807, 2.05) is 35.3 Å². The molecule has 9 heteroatoms. The number of likely N-dealkylation sites (tertiary alicyclic amines) is 1. The number of imidazole rings is 1. The first-order chi connectivity index (χ1) is 16.8. The van der Waals surface area contributed by atoms with E-state index in [2.05, 4.69) is 9.97 Å². The number of ether oxygens (including phenoxy) is 1. The minimum absolute atomic E-state index is 0.101. The zero-order valence-electron chi connectivity index (χ0n) is 20.0. The third-order valence-corrected chi connectivity index (χ3v) is 6.21. The molecule has 2 N–H and O–H groups in total. The van der Waals surface area contributed by atoms with E-state index < -0.39 is 29.5 Å². The van der Waals surface area contributed by atoms with Crippen molar-refractivity contribution in [1.29, 1.82) is 0 Å². The molecule has 1 fully saturated rings. The summed E-state index contributed by atoms with van der Waals surface area (Å²) in [6, 6.07) is 8.26. The Hall–Kier alpha value is -4.14. The number of amides is 1. The van der Waals surface area contributed by atoms with Gasteiger partial charge in [0.1, 0.15) is 18.1 Å². The lowest BCUT2D eigenvalue weighted by molar-refractivity contribution is -0.695. The van der Waals surface area contributed by atoms with E-state index in [0.717, 1.165) is 0 Å². The second kappa shape index (κ2) is 10.0. The highest BCUT2D eigenvalue weighted by Crippen LogP contribution is 2.40. The Balaban J connectivity index is 1.77. The van der Waals surface area contributed by atoms with Crippen molar-refractivity contribution in [2.75, 3.05) is 13.2 Å². The van der Waals surface area contributed by atoms with Crippen LogP contribution in [0.4, 0.5) is 0 Å². The Morgan fingerprint density at radius 1 is 1.20 bits per heavy atom. The number of hydrogen-bond acceptors (Lipinski definition) is 5. The highest BCUT2D eigenvalue weighted by molar-refractivity contribution is 6.46. The molecule has 0 bridgehead atoms. The maximum absolute atomic E-state index is 13.8. The number of carbonyl (C=O) groups excluding carboxylic acids is 3. The first-order valence-electron chi connectivity index (χ1n) is 11.5. The molecule has 1 saturated heterocycles. The van der Waals surface area contributed by atoms with Crippen LogP contribution in [-0.2, 0) is 20.9 Å². The molecule has 1 aromatic carbocycles. The first kappa shape index (κ1) is 24.0. The molecule has 0 radical (unpaired) electrons. The molecule has 1 amide bonds. The van der Waals surface area contributed by atoms with Gasteiger partial charge in [-0.3, -0.25) is 14.6 Å². The maximum atomic E-state index is 13.8. The van der Waals surface area contributed by atoms with Crippen molar-refractivity contribution in [1.82, 2.24) is 14.9 Å². The second-order valence-corrected chi connectivity index (χ2v) is 8.43. The summed E-state index contributed by atoms with van der Waals surface area (Å²) >= 11 is 0. The van der Waals surface area contributed by atoms with Crippen LogP contribution in [0.2, 0.25) is 0 Å². The van der Waals surface area contributed by atoms with Crippen LogP contribution in [0.25, 0.3) is 5.76 Å². The van der Waals surface area contributed by atoms with Crippen molar-refractivity contribution in [3.05, 3.63) is 82.7 Å². The van der Waals surface area contributed by atoms with Gasteiger partial charge in [0, 0.05) is 24.2 Å². The molecule has 1 unspecified atom stereocenters. The number of H-pyrrole nitrogens is 2. The summed E-state index contributed by atoms with van der Waals surface area (Å²) in [6.45, 7) is 6.13. The molecule has 1 aliphatic heterocycles. The fourth-order valence-electron chi connectivity index (χ4n) is 4.60. The van der Waals surface area contributed by atoms with Gasteiger partial charge in [-0.25, -0.2) is 9.36 Å². The van der Waals surface area contributed by atoms with Gasteiger partial charge in [0.05, 0.1) is 19.2 Å². The molecule has 2 aromatic heterocycles. The number of aromatic amines is 2. The van der Waals surface area contributed by atoms with E-state index >= 15 is 0 Å². The van der Waals surface area contributed by atoms with Crippen LogP contribution in [0.3, 0.4) is 0 Å². The van der Waals surface area contributed by atoms with E-state index in [0.29, 0.717) is 36.3 Å². The van der Waals surface area contributed by atoms with E-state index in [4.69, 9.17) is 4.74 Å². The van der Waals surface area contributed by atoms with Crippen molar-refractivity contribution in [3.8, 4) is 0 Å². The van der Waals surface area contributed by atoms with Gasteiger partial charge in [-0.05, 0) is 37.5 Å². The molecule has 4 rings (SSSR count). The zero-order chi connectivity index (χ0) is 25.1. The predicted octanol–water partition coefficient (Wildman–Crippen LogP) is 1.74. The molecule has 0 spiro atoms. The van der Waals surface area contributed by atoms with Crippen LogP contribution in [0.5, 0.6) is 0 Å². The first-order valence-corrected chi connectivity index (χ1v) is 11.5. The normalized spacial score (nSPS) is 17.2. The number of aryl methyl sites for hydroxylation is 2. The molecule has 3 heterocycles. The lowest BCUT2D eigenvalue weighted by Crippen LogP contribution is -2.36. The second-order valence-electron chi connectivity index (χ2n) is 8.43. The number of hydrogen-bond donors (Lipinski definition) is 2. The minimum Gasteiger partial charge on any atom is -0.872 e. The standard InChI is InChI=1S/C26H28N4O5/c1-4-35-26(34)21-16(2)19(17(3)28-21)23(31)20-22(18-9-6-5-7-10-18)30(25(33)24(20)32)13-8-12-29-14-11-27-15-29/h5-7,9-11,14-15,22H,4,8,12-13H2,1-3H3,(H2,28,31,32,34). The average molecular weight is 477 g/mol. The van der Waals surface area contributed by atoms with Gasteiger partial charge < -0.3 is 19.7 Å². The number of aromatic nitrogens is 3. The van der Waals surface area contributed by atoms with Gasteiger partial charge in [0.25, 0.3) is 5.91 Å². The third kappa shape index (κ3) is 4.49. The SMILES string of the molecule is CCOC(=O)c1[nH]c(C)c(C([O-])=C2C(=O)C(=O)N(CCC[n+]3cc[nH]c3)C2c2ccccc2)c1C. The van der Waals surface area contributed by atoms with Crippen molar-refractivity contribution >= 4 is 23.4 Å². The van der Waals surface area contributed by atoms with Crippen LogP contribution >= 0.6 is 0 Å². The summed E-state index contributed by atoms with van der Waals surface area (Å²) < 4.78 is 7.02. The topological polar surface area (TPSA) is 122 Å². The van der Waals surface area contributed by atoms with Crippen molar-refractivity contribution in [2.45, 2.75) is 39.8 Å². The summed E-state index contributed by atoms with van der Waals surface area (Å²) in [7, 11) is 0. The number of esters is 1. The lowest BCUT2D eigenvalue weighted by Gasteiger charge is -2.27. The van der Waals surface area contributed by atoms with E-state index in [1.54, 1.807) is 39.1 Å². The van der Waals surface area contributed by atoms with E-state index in [9.17, 15) is 19.5 Å². The molecule has 1 aliphatic rings. The average Bonchev–Trinajstić information content (AvgIpc) is 3.53. The molecular weight excluding hydrogens is 448 g/mol. The smallest absolute Gasteiger partial charge is 0.355 e. The molecule has 0 saturated carbocycles. The summed E-state index contributed by atoms with van der Waals surface area (Å²) in [4.78, 5) is 46.0. The predicted molar refractivity (Wildman–Crippen MR) is 125 cm³/mol. The van der Waals surface area contributed by atoms with Crippen molar-refractivity contribution in [2.24, 2.45) is 0 Å². The Kier molecular flexibility index (Phi) is 6.86. The Morgan fingerprint density at radius 2 is 1.94 bits per heavy atom. The number of rotatable bonds is 8. The van der Waals surface area contributed by atoms with Crippen LogP contribution in [0, 0.1) is 13.8 Å². The van der Waals surface area contributed by atoms with Gasteiger partial charge in [0.15, 0.2) is 0 Å². The number of nitrogens with one attached hydrogen (secondary N) is 2. The number of nitrogens with zero attached hydrogens (tertiary/aromatic N) is 2. The number of ketones is 1. The number of benzene rings is 1. The summed E-state index contributed by atoms with van der Waals surface area (Å²) in [5.41, 5.74) is 1.80. The molecule has 1 atom stereocenters. The van der Waals surface area contributed by atoms with Crippen molar-refractivity contribution in [3.63, 3.8) is 0 Å². The van der Waals surface area contributed by atoms with Gasteiger partial charge in [0.2, 0.25) is 12.1 Å². The highest BCUT2D eigenvalue weighted by Gasteiger charge is 2.44. The fourth-order valence-corrected chi connectivity index (χ4v) is 4.60. The van der Waals surface area contributed by atoms with Crippen LogP contribution in [0.15, 0.2) is 54.6 Å². The van der Waals surface area contributed by atoms with Gasteiger partial charge in [-0.1, -0.05) is 36.1 Å². The number of carbonyl (C=O) groups is 3. The van der Waals surface area contributed by atoms with Crippen LogP contribution < -0.4 is 9.67 Å². The maximum Gasteiger partial charge on any atom is 0.355 e. The molecule has 35 heavy (non-hydrogen) atoms. The van der Waals surface area contributed by atoms with E-state index in [1.165, 1.54) is 4.90 Å². The summed E-state index contributed by atoms with van der Waals surface area (Å²) in [6.07, 6.45) is 6.09. The molecule has 182 valence electrons. The monoisotopic (exact) mass is 476 g/mol. The summed E-state index contributed by atoms with van der Waals surface area (Å²) in [5.74, 6) is -2.63. The van der Waals surface area contributed by atoms with E-state index in [-0.39, 0.29) is 23.4 Å². The number of Topliss-reactive ketones (excluding diaryl/α,β-unsaturated/α-hetero) is 1. The quantitative estimate of drug-likeness (QED) is 0.169. The Labute approximate surface area is 203 Å². The molecule has 0 aliphatic carbocycles. The Bertz CT molecular complexity index is 1270. The van der Waals surface area contributed by atoms with Crippen LogP contribution in [-0.4, -0.2) is 45.7 Å². The molecule has 3 aromatic rings. The minimum atomic E-state index is -0.809. The molecule has 9 nitrogen and oxygen atoms in total. The largest absolute Gasteiger partial charge is 0.872 e. The van der Waals surface area contributed by atoms with Gasteiger partial charge >= 0.3 is 5.97 Å². The van der Waals surface area contributed by atoms with Gasteiger partial charge in [-0.15, -0.1) is 0 Å². The lowest BCUT2D eigenvalue weighted by atomic mass is 9.94. The van der Waals surface area contributed by atoms with Crippen LogP contribution in [0.1, 0.15) is 52.3 Å². The Morgan fingerprint density at radius 3 is 2.60 bits per heavy atom.